The minimum absolute atomic E-state index is 0.0199. The fraction of sp³-hybridized carbons (Fsp3) is 0.727. The fourth-order valence-electron chi connectivity index (χ4n) is 1.85. The van der Waals surface area contributed by atoms with E-state index in [0.29, 0.717) is 13.2 Å². The maximum Gasteiger partial charge on any atom is 0.306 e. The summed E-state index contributed by atoms with van der Waals surface area (Å²) < 4.78 is 12.6. The molecule has 0 bridgehead atoms. The lowest BCUT2D eigenvalue weighted by Crippen LogP contribution is -2.23. The third-order valence-corrected chi connectivity index (χ3v) is 2.80. The van der Waals surface area contributed by atoms with E-state index in [2.05, 4.69) is 5.10 Å². The maximum atomic E-state index is 10.5. The average molecular weight is 255 g/mol. The molecule has 7 nitrogen and oxygen atoms in total. The van der Waals surface area contributed by atoms with Crippen molar-refractivity contribution < 1.29 is 14.4 Å². The van der Waals surface area contributed by atoms with Gasteiger partial charge < -0.3 is 9.47 Å². The highest BCUT2D eigenvalue weighted by Gasteiger charge is 2.13. The molecule has 2 heterocycles. The smallest absolute Gasteiger partial charge is 0.306 e. The van der Waals surface area contributed by atoms with Crippen LogP contribution in [-0.4, -0.2) is 34.2 Å². The molecule has 1 aliphatic rings. The fourth-order valence-corrected chi connectivity index (χ4v) is 1.85. The van der Waals surface area contributed by atoms with Crippen LogP contribution in [-0.2, 0) is 16.0 Å². The second kappa shape index (κ2) is 6.46. The highest BCUT2D eigenvalue weighted by atomic mass is 16.7. The molecular weight excluding hydrogens is 238 g/mol. The predicted molar refractivity (Wildman–Crippen MR) is 63.0 cm³/mol. The van der Waals surface area contributed by atoms with Crippen LogP contribution in [0.25, 0.3) is 0 Å². The van der Waals surface area contributed by atoms with Gasteiger partial charge in [-0.15, -0.1) is 0 Å². The molecule has 1 aromatic rings. The Hall–Kier alpha value is -1.47. The number of nitro groups is 1. The molecule has 2 rings (SSSR count). The van der Waals surface area contributed by atoms with Crippen molar-refractivity contribution in [3.8, 4) is 0 Å². The molecule has 7 heteroatoms. The largest absolute Gasteiger partial charge is 0.353 e. The van der Waals surface area contributed by atoms with Crippen LogP contribution >= 0.6 is 0 Å². The molecule has 0 radical (unpaired) electrons. The zero-order valence-corrected chi connectivity index (χ0v) is 10.2. The van der Waals surface area contributed by atoms with Gasteiger partial charge in [0, 0.05) is 13.2 Å². The van der Waals surface area contributed by atoms with Crippen molar-refractivity contribution in [3.05, 3.63) is 22.5 Å². The number of nitrogens with zero attached hydrogens (tertiary/aromatic N) is 3. The molecule has 18 heavy (non-hydrogen) atoms. The van der Waals surface area contributed by atoms with Crippen LogP contribution in [0.5, 0.6) is 0 Å². The van der Waals surface area contributed by atoms with Crippen LogP contribution in [0.3, 0.4) is 0 Å². The first-order chi connectivity index (χ1) is 8.75. The van der Waals surface area contributed by atoms with Gasteiger partial charge in [-0.25, -0.2) is 0 Å². The van der Waals surface area contributed by atoms with Crippen LogP contribution in [0, 0.1) is 10.1 Å². The highest BCUT2D eigenvalue weighted by molar-refractivity contribution is 5.20. The van der Waals surface area contributed by atoms with Crippen LogP contribution in [0.2, 0.25) is 0 Å². The Morgan fingerprint density at radius 2 is 2.50 bits per heavy atom. The standard InChI is InChI=1S/C11H17N3O4/c15-14(16)10-8-12-13(9-10)5-3-7-18-11-4-1-2-6-17-11/h8-9,11H,1-7H2. The number of aryl methyl sites for hydroxylation is 1. The summed E-state index contributed by atoms with van der Waals surface area (Å²) in [6, 6.07) is 0. The first-order valence-electron chi connectivity index (χ1n) is 6.16. The average Bonchev–Trinajstić information content (AvgIpc) is 2.85. The molecule has 0 amide bonds. The number of hydrogen-bond acceptors (Lipinski definition) is 5. The lowest BCUT2D eigenvalue weighted by molar-refractivity contribution is -0.385. The van der Waals surface area contributed by atoms with Crippen LogP contribution in [0.15, 0.2) is 12.4 Å². The van der Waals surface area contributed by atoms with Gasteiger partial charge in [-0.2, -0.15) is 5.10 Å². The van der Waals surface area contributed by atoms with E-state index in [1.165, 1.54) is 12.4 Å². The van der Waals surface area contributed by atoms with Crippen molar-refractivity contribution in [2.75, 3.05) is 13.2 Å². The molecule has 1 fully saturated rings. The lowest BCUT2D eigenvalue weighted by Gasteiger charge is -2.22. The van der Waals surface area contributed by atoms with Crippen LogP contribution in [0.4, 0.5) is 5.69 Å². The summed E-state index contributed by atoms with van der Waals surface area (Å²) in [5.74, 6) is 0. The second-order valence-corrected chi connectivity index (χ2v) is 4.24. The molecule has 1 unspecified atom stereocenters. The van der Waals surface area contributed by atoms with Gasteiger partial charge in [0.15, 0.2) is 6.29 Å². The summed E-state index contributed by atoms with van der Waals surface area (Å²) in [5.41, 5.74) is 0.0199. The van der Waals surface area contributed by atoms with E-state index in [1.54, 1.807) is 4.68 Å². The predicted octanol–water partition coefficient (Wildman–Crippen LogP) is 1.72. The minimum Gasteiger partial charge on any atom is -0.353 e. The number of rotatable bonds is 6. The molecule has 0 saturated carbocycles. The third-order valence-electron chi connectivity index (χ3n) is 2.80. The summed E-state index contributed by atoms with van der Waals surface area (Å²) in [6.07, 6.45) is 6.58. The zero-order chi connectivity index (χ0) is 12.8. The maximum absolute atomic E-state index is 10.5. The topological polar surface area (TPSA) is 79.4 Å². The number of aromatic nitrogens is 2. The molecule has 0 aliphatic carbocycles. The quantitative estimate of drug-likeness (QED) is 0.439. The van der Waals surface area contributed by atoms with Gasteiger partial charge in [0.25, 0.3) is 0 Å². The van der Waals surface area contributed by atoms with E-state index in [9.17, 15) is 10.1 Å². The van der Waals surface area contributed by atoms with E-state index in [4.69, 9.17) is 9.47 Å². The molecule has 100 valence electrons. The first-order valence-corrected chi connectivity index (χ1v) is 6.16. The van der Waals surface area contributed by atoms with Crippen molar-refractivity contribution in [2.45, 2.75) is 38.5 Å². The van der Waals surface area contributed by atoms with Crippen molar-refractivity contribution in [1.82, 2.24) is 9.78 Å². The lowest BCUT2D eigenvalue weighted by atomic mass is 10.2. The highest BCUT2D eigenvalue weighted by Crippen LogP contribution is 2.14. The first kappa shape index (κ1) is 13.0. The van der Waals surface area contributed by atoms with Gasteiger partial charge in [-0.05, 0) is 25.7 Å². The number of ether oxygens (including phenoxy) is 2. The van der Waals surface area contributed by atoms with E-state index in [-0.39, 0.29) is 12.0 Å². The molecule has 1 aromatic heterocycles. The minimum atomic E-state index is -0.449. The molecule has 1 atom stereocenters. The molecule has 0 spiro atoms. The Labute approximate surface area is 105 Å². The van der Waals surface area contributed by atoms with Crippen molar-refractivity contribution in [2.24, 2.45) is 0 Å². The van der Waals surface area contributed by atoms with E-state index in [0.717, 1.165) is 32.3 Å². The van der Waals surface area contributed by atoms with Gasteiger partial charge in [-0.3, -0.25) is 14.8 Å². The molecule has 0 N–H and O–H groups in total. The van der Waals surface area contributed by atoms with Gasteiger partial charge in [0.2, 0.25) is 0 Å². The van der Waals surface area contributed by atoms with Gasteiger partial charge in [-0.1, -0.05) is 0 Å². The van der Waals surface area contributed by atoms with Gasteiger partial charge >= 0.3 is 5.69 Å². The van der Waals surface area contributed by atoms with Crippen molar-refractivity contribution in [1.29, 1.82) is 0 Å². The molecule has 1 saturated heterocycles. The van der Waals surface area contributed by atoms with Crippen LogP contribution in [0.1, 0.15) is 25.7 Å². The number of hydrogen-bond donors (Lipinski definition) is 0. The third kappa shape index (κ3) is 3.78. The summed E-state index contributed by atoms with van der Waals surface area (Å²) in [7, 11) is 0. The second-order valence-electron chi connectivity index (χ2n) is 4.24. The van der Waals surface area contributed by atoms with Crippen LogP contribution < -0.4 is 0 Å². The zero-order valence-electron chi connectivity index (χ0n) is 10.2. The van der Waals surface area contributed by atoms with Gasteiger partial charge in [0.05, 0.1) is 11.5 Å². The monoisotopic (exact) mass is 255 g/mol. The van der Waals surface area contributed by atoms with Crippen molar-refractivity contribution in [3.63, 3.8) is 0 Å². The molecule has 1 aliphatic heterocycles. The summed E-state index contributed by atoms with van der Waals surface area (Å²) in [6.45, 7) is 1.97. The summed E-state index contributed by atoms with van der Waals surface area (Å²) >= 11 is 0. The van der Waals surface area contributed by atoms with E-state index < -0.39 is 4.92 Å². The Kier molecular flexibility index (Phi) is 4.66. The summed E-state index contributed by atoms with van der Waals surface area (Å²) in [5, 5.41) is 14.4. The van der Waals surface area contributed by atoms with E-state index >= 15 is 0 Å². The Balaban J connectivity index is 1.63. The van der Waals surface area contributed by atoms with Gasteiger partial charge in [0.1, 0.15) is 12.4 Å². The Bertz CT molecular complexity index is 387. The Morgan fingerprint density at radius 1 is 1.61 bits per heavy atom. The molecule has 0 aromatic carbocycles. The Morgan fingerprint density at radius 3 is 3.17 bits per heavy atom. The summed E-state index contributed by atoms with van der Waals surface area (Å²) in [4.78, 5) is 10.0. The van der Waals surface area contributed by atoms with Crippen molar-refractivity contribution >= 4 is 5.69 Å². The van der Waals surface area contributed by atoms with E-state index in [1.807, 2.05) is 0 Å². The normalized spacial score (nSPS) is 19.9. The SMILES string of the molecule is O=[N+]([O-])c1cnn(CCCOC2CCCCO2)c1. The molecular formula is C11H17N3O4.